The second-order valence-electron chi connectivity index (χ2n) is 4.70. The highest BCUT2D eigenvalue weighted by molar-refractivity contribution is 7.98. The number of anilines is 1. The molecule has 18 heavy (non-hydrogen) atoms. The molecule has 1 aliphatic carbocycles. The molecule has 1 heterocycles. The van der Waals surface area contributed by atoms with E-state index in [2.05, 4.69) is 51.6 Å². The van der Waals surface area contributed by atoms with Crippen LogP contribution in [-0.4, -0.2) is 21.8 Å². The number of aromatic nitrogens is 2. The summed E-state index contributed by atoms with van der Waals surface area (Å²) in [5.41, 5.74) is 2.22. The van der Waals surface area contributed by atoms with Gasteiger partial charge in [-0.1, -0.05) is 6.07 Å². The summed E-state index contributed by atoms with van der Waals surface area (Å²) in [6.45, 7) is 2.03. The van der Waals surface area contributed by atoms with E-state index in [1.807, 2.05) is 6.92 Å². The first-order valence-corrected chi connectivity index (χ1v) is 7.45. The Balaban J connectivity index is 1.98. The van der Waals surface area contributed by atoms with Gasteiger partial charge in [-0.15, -0.1) is 11.8 Å². The van der Waals surface area contributed by atoms with Crippen molar-refractivity contribution < 1.29 is 0 Å². The molecule has 94 valence electrons. The molecule has 0 unspecified atom stereocenters. The van der Waals surface area contributed by atoms with E-state index in [1.165, 1.54) is 23.4 Å². The third-order valence-corrected chi connectivity index (χ3v) is 3.79. The summed E-state index contributed by atoms with van der Waals surface area (Å²) in [6, 6.07) is 9.17. The normalized spacial score (nSPS) is 14.8. The van der Waals surface area contributed by atoms with Crippen molar-refractivity contribution in [2.75, 3.05) is 11.6 Å². The van der Waals surface area contributed by atoms with Gasteiger partial charge in [0.1, 0.15) is 0 Å². The van der Waals surface area contributed by atoms with Gasteiger partial charge in [-0.05, 0) is 44.2 Å². The molecule has 3 nitrogen and oxygen atoms in total. The molecule has 1 aliphatic rings. The van der Waals surface area contributed by atoms with Gasteiger partial charge in [0.25, 0.3) is 0 Å². The van der Waals surface area contributed by atoms with Crippen molar-refractivity contribution in [3.63, 3.8) is 0 Å². The average molecular weight is 259 g/mol. The third-order valence-electron chi connectivity index (χ3n) is 3.07. The first kappa shape index (κ1) is 11.7. The number of nitrogens with zero attached hydrogens (tertiary/aromatic N) is 2. The Bertz CT molecular complexity index is 558. The zero-order valence-corrected chi connectivity index (χ0v) is 11.5. The van der Waals surface area contributed by atoms with Gasteiger partial charge in [-0.2, -0.15) is 0 Å². The van der Waals surface area contributed by atoms with E-state index in [9.17, 15) is 0 Å². The van der Waals surface area contributed by atoms with E-state index < -0.39 is 0 Å². The monoisotopic (exact) mass is 259 g/mol. The summed E-state index contributed by atoms with van der Waals surface area (Å²) >= 11 is 1.76. The Labute approximate surface area is 112 Å². The van der Waals surface area contributed by atoms with Gasteiger partial charge in [0.2, 0.25) is 5.95 Å². The summed E-state index contributed by atoms with van der Waals surface area (Å²) in [5.74, 6) is 0.966. The van der Waals surface area contributed by atoms with Crippen LogP contribution >= 0.6 is 11.8 Å². The fourth-order valence-corrected chi connectivity index (χ4v) is 2.42. The second-order valence-corrected chi connectivity index (χ2v) is 5.58. The fourth-order valence-electron chi connectivity index (χ4n) is 1.97. The van der Waals surface area contributed by atoms with E-state index >= 15 is 0 Å². The summed E-state index contributed by atoms with van der Waals surface area (Å²) in [4.78, 5) is 5.84. The standard InChI is InChI=1S/C14H17N3S/c1-10-9-17(14(15-10)16-11-6-7-11)12-4-3-5-13(8-12)18-2/h3-5,8-9,11H,6-7H2,1-2H3,(H,15,16). The van der Waals surface area contributed by atoms with Crippen molar-refractivity contribution in [2.45, 2.75) is 30.7 Å². The lowest BCUT2D eigenvalue weighted by Gasteiger charge is -2.09. The number of rotatable bonds is 4. The molecule has 0 amide bonds. The van der Waals surface area contributed by atoms with Crippen LogP contribution in [0.1, 0.15) is 18.5 Å². The Morgan fingerprint density at radius 1 is 1.39 bits per heavy atom. The number of nitrogens with one attached hydrogen (secondary N) is 1. The highest BCUT2D eigenvalue weighted by atomic mass is 32.2. The van der Waals surface area contributed by atoms with Gasteiger partial charge < -0.3 is 5.32 Å². The van der Waals surface area contributed by atoms with Gasteiger partial charge in [-0.3, -0.25) is 4.57 Å². The molecular formula is C14H17N3S. The van der Waals surface area contributed by atoms with Crippen LogP contribution in [0.4, 0.5) is 5.95 Å². The van der Waals surface area contributed by atoms with Crippen LogP contribution in [0.3, 0.4) is 0 Å². The molecule has 1 aromatic heterocycles. The lowest BCUT2D eigenvalue weighted by Crippen LogP contribution is -2.07. The van der Waals surface area contributed by atoms with Crippen molar-refractivity contribution in [3.05, 3.63) is 36.2 Å². The topological polar surface area (TPSA) is 29.9 Å². The highest BCUT2D eigenvalue weighted by Crippen LogP contribution is 2.27. The summed E-state index contributed by atoms with van der Waals surface area (Å²) in [6.07, 6.45) is 6.71. The van der Waals surface area contributed by atoms with E-state index in [0.29, 0.717) is 6.04 Å². The molecule has 1 N–H and O–H groups in total. The Morgan fingerprint density at radius 3 is 2.94 bits per heavy atom. The van der Waals surface area contributed by atoms with Gasteiger partial charge in [-0.25, -0.2) is 4.98 Å². The summed E-state index contributed by atoms with van der Waals surface area (Å²) in [7, 11) is 0. The molecule has 4 heteroatoms. The molecule has 0 spiro atoms. The minimum atomic E-state index is 0.620. The maximum absolute atomic E-state index is 4.57. The van der Waals surface area contributed by atoms with Crippen LogP contribution in [0, 0.1) is 6.92 Å². The number of hydrogen-bond acceptors (Lipinski definition) is 3. The SMILES string of the molecule is CSc1cccc(-n2cc(C)nc2NC2CC2)c1. The molecular weight excluding hydrogens is 242 g/mol. The lowest BCUT2D eigenvalue weighted by atomic mass is 10.3. The molecule has 1 fully saturated rings. The van der Waals surface area contributed by atoms with E-state index in [0.717, 1.165) is 11.6 Å². The number of hydrogen-bond donors (Lipinski definition) is 1. The largest absolute Gasteiger partial charge is 0.353 e. The minimum absolute atomic E-state index is 0.620. The van der Waals surface area contributed by atoms with Crippen LogP contribution in [0.15, 0.2) is 35.4 Å². The Morgan fingerprint density at radius 2 is 2.22 bits per heavy atom. The molecule has 0 bridgehead atoms. The summed E-state index contributed by atoms with van der Waals surface area (Å²) in [5, 5.41) is 3.49. The van der Waals surface area contributed by atoms with Crippen LogP contribution in [0.5, 0.6) is 0 Å². The molecule has 0 aliphatic heterocycles. The minimum Gasteiger partial charge on any atom is -0.353 e. The van der Waals surface area contributed by atoms with Crippen molar-refractivity contribution in [3.8, 4) is 5.69 Å². The Kier molecular flexibility index (Phi) is 3.04. The zero-order chi connectivity index (χ0) is 12.5. The zero-order valence-electron chi connectivity index (χ0n) is 10.7. The predicted octanol–water partition coefficient (Wildman–Crippen LogP) is 3.48. The van der Waals surface area contributed by atoms with Crippen molar-refractivity contribution in [1.82, 2.24) is 9.55 Å². The third kappa shape index (κ3) is 2.38. The number of benzene rings is 1. The predicted molar refractivity (Wildman–Crippen MR) is 76.7 cm³/mol. The Hall–Kier alpha value is -1.42. The van der Waals surface area contributed by atoms with Crippen LogP contribution < -0.4 is 5.32 Å². The van der Waals surface area contributed by atoms with Gasteiger partial charge in [0.05, 0.1) is 5.69 Å². The molecule has 1 saturated carbocycles. The van der Waals surface area contributed by atoms with Crippen LogP contribution in [-0.2, 0) is 0 Å². The van der Waals surface area contributed by atoms with Gasteiger partial charge in [0, 0.05) is 22.8 Å². The number of thioether (sulfide) groups is 1. The first-order valence-electron chi connectivity index (χ1n) is 6.23. The molecule has 0 saturated heterocycles. The average Bonchev–Trinajstić information content (AvgIpc) is 3.12. The van der Waals surface area contributed by atoms with E-state index in [1.54, 1.807) is 11.8 Å². The van der Waals surface area contributed by atoms with Crippen molar-refractivity contribution in [1.29, 1.82) is 0 Å². The fraction of sp³-hybridized carbons (Fsp3) is 0.357. The smallest absolute Gasteiger partial charge is 0.207 e. The molecule has 1 aromatic carbocycles. The van der Waals surface area contributed by atoms with Gasteiger partial charge >= 0.3 is 0 Å². The molecule has 3 rings (SSSR count). The van der Waals surface area contributed by atoms with E-state index in [-0.39, 0.29) is 0 Å². The maximum atomic E-state index is 4.57. The summed E-state index contributed by atoms with van der Waals surface area (Å²) < 4.78 is 2.15. The number of imidazole rings is 1. The number of aryl methyl sites for hydroxylation is 1. The molecule has 0 radical (unpaired) electrons. The molecule has 2 aromatic rings. The maximum Gasteiger partial charge on any atom is 0.207 e. The van der Waals surface area contributed by atoms with Crippen molar-refractivity contribution in [2.24, 2.45) is 0 Å². The second kappa shape index (κ2) is 4.69. The first-order chi connectivity index (χ1) is 8.76. The van der Waals surface area contributed by atoms with E-state index in [4.69, 9.17) is 0 Å². The highest BCUT2D eigenvalue weighted by Gasteiger charge is 2.23. The van der Waals surface area contributed by atoms with Crippen LogP contribution in [0.25, 0.3) is 5.69 Å². The van der Waals surface area contributed by atoms with Crippen molar-refractivity contribution >= 4 is 17.7 Å². The lowest BCUT2D eigenvalue weighted by molar-refractivity contribution is 0.998. The quantitative estimate of drug-likeness (QED) is 0.853. The van der Waals surface area contributed by atoms with Gasteiger partial charge in [0.15, 0.2) is 0 Å². The molecule has 0 atom stereocenters. The van der Waals surface area contributed by atoms with Crippen LogP contribution in [0.2, 0.25) is 0 Å².